The highest BCUT2D eigenvalue weighted by atomic mass is 32.1. The zero-order valence-electron chi connectivity index (χ0n) is 12.0. The van der Waals surface area contributed by atoms with Crippen LogP contribution < -0.4 is 11.1 Å². The molecule has 0 bridgehead atoms. The van der Waals surface area contributed by atoms with E-state index in [4.69, 9.17) is 20.7 Å². The highest BCUT2D eigenvalue weighted by Crippen LogP contribution is 2.36. The summed E-state index contributed by atoms with van der Waals surface area (Å²) in [5.74, 6) is -0.592. The van der Waals surface area contributed by atoms with E-state index in [9.17, 15) is 9.59 Å². The Morgan fingerprint density at radius 1 is 1.32 bits per heavy atom. The number of nitrogens with one attached hydrogen (secondary N) is 1. The molecule has 0 spiro atoms. The molecule has 0 saturated carbocycles. The molecule has 0 saturated heterocycles. The molecule has 0 aliphatic carbocycles. The Balaban J connectivity index is 2.23. The Hall–Kier alpha value is -1.68. The molecule has 1 aliphatic rings. The van der Waals surface area contributed by atoms with Crippen LogP contribution in [0.3, 0.4) is 0 Å². The summed E-state index contributed by atoms with van der Waals surface area (Å²) < 4.78 is 5.34. The van der Waals surface area contributed by atoms with Gasteiger partial charge in [0.15, 0.2) is 0 Å². The lowest BCUT2D eigenvalue weighted by Gasteiger charge is -2.20. The quantitative estimate of drug-likeness (QED) is 0.572. The van der Waals surface area contributed by atoms with Crippen molar-refractivity contribution in [2.45, 2.75) is 13.0 Å². The first kappa shape index (κ1) is 16.7. The Morgan fingerprint density at radius 2 is 2.00 bits per heavy atom. The van der Waals surface area contributed by atoms with Gasteiger partial charge >= 0.3 is 6.03 Å². The van der Waals surface area contributed by atoms with Gasteiger partial charge in [0.05, 0.1) is 32.0 Å². The van der Waals surface area contributed by atoms with Crippen molar-refractivity contribution in [1.82, 2.24) is 4.90 Å². The van der Waals surface area contributed by atoms with Crippen LogP contribution in [-0.4, -0.2) is 60.0 Å². The van der Waals surface area contributed by atoms with Crippen molar-refractivity contribution in [2.75, 3.05) is 38.2 Å². The second-order valence-corrected chi connectivity index (χ2v) is 5.84. The van der Waals surface area contributed by atoms with Crippen molar-refractivity contribution >= 4 is 28.3 Å². The largest absolute Gasteiger partial charge is 0.395 e. The first-order valence-corrected chi connectivity index (χ1v) is 7.69. The number of amides is 3. The van der Waals surface area contributed by atoms with E-state index in [2.05, 4.69) is 5.32 Å². The van der Waals surface area contributed by atoms with Crippen LogP contribution >= 0.6 is 11.3 Å². The van der Waals surface area contributed by atoms with Crippen molar-refractivity contribution in [1.29, 1.82) is 0 Å². The third-order valence-electron chi connectivity index (χ3n) is 3.31. The lowest BCUT2D eigenvalue weighted by atomic mass is 10.1. The van der Waals surface area contributed by atoms with E-state index in [-0.39, 0.29) is 26.3 Å². The number of hydrogen-bond donors (Lipinski definition) is 4. The number of hydrogen-bond acceptors (Lipinski definition) is 6. The van der Waals surface area contributed by atoms with E-state index in [0.717, 1.165) is 10.4 Å². The zero-order chi connectivity index (χ0) is 16.1. The minimum Gasteiger partial charge on any atom is -0.395 e. The summed E-state index contributed by atoms with van der Waals surface area (Å²) in [5, 5.41) is 21.0. The number of carbonyl (C=O) groups excluding carboxylic acids is 2. The molecule has 5 N–H and O–H groups in total. The fourth-order valence-corrected chi connectivity index (χ4v) is 3.49. The van der Waals surface area contributed by atoms with Crippen LogP contribution in [0.1, 0.15) is 20.8 Å². The topological polar surface area (TPSA) is 125 Å². The molecule has 1 aliphatic heterocycles. The standard InChI is InChI=1S/C13H19N3O5S/c14-11(19)10-8-1-6-21-7-9(8)22-12(10)15-13(20)16(2-4-17)3-5-18/h17-18H,1-7H2,(H2,14,19)(H,15,20). The number of rotatable bonds is 6. The molecule has 122 valence electrons. The normalized spacial score (nSPS) is 13.5. The van der Waals surface area contributed by atoms with Crippen LogP contribution in [0.5, 0.6) is 0 Å². The molecule has 2 heterocycles. The molecule has 0 unspecified atom stereocenters. The Labute approximate surface area is 131 Å². The van der Waals surface area contributed by atoms with Crippen molar-refractivity contribution in [3.05, 3.63) is 16.0 Å². The Morgan fingerprint density at radius 3 is 2.59 bits per heavy atom. The summed E-state index contributed by atoms with van der Waals surface area (Å²) in [7, 11) is 0. The third-order valence-corrected chi connectivity index (χ3v) is 4.44. The van der Waals surface area contributed by atoms with Crippen molar-refractivity contribution in [2.24, 2.45) is 5.73 Å². The molecule has 2 rings (SSSR count). The number of carbonyl (C=O) groups is 2. The number of fused-ring (bicyclic) bond motifs is 1. The summed E-state index contributed by atoms with van der Waals surface area (Å²) in [6.07, 6.45) is 0.580. The second kappa shape index (κ2) is 7.54. The van der Waals surface area contributed by atoms with E-state index in [1.165, 1.54) is 16.2 Å². The highest BCUT2D eigenvalue weighted by molar-refractivity contribution is 7.17. The van der Waals surface area contributed by atoms with Gasteiger partial charge in [0.25, 0.3) is 5.91 Å². The molecule has 22 heavy (non-hydrogen) atoms. The molecule has 1 aromatic heterocycles. The summed E-state index contributed by atoms with van der Waals surface area (Å²) in [5.41, 5.74) is 6.59. The summed E-state index contributed by atoms with van der Waals surface area (Å²) in [4.78, 5) is 26.0. The molecule has 0 radical (unpaired) electrons. The van der Waals surface area contributed by atoms with E-state index in [1.54, 1.807) is 0 Å². The maximum Gasteiger partial charge on any atom is 0.322 e. The molecule has 8 nitrogen and oxygen atoms in total. The first-order chi connectivity index (χ1) is 10.6. The first-order valence-electron chi connectivity index (χ1n) is 6.88. The van der Waals surface area contributed by atoms with Gasteiger partial charge in [-0.15, -0.1) is 11.3 Å². The predicted molar refractivity (Wildman–Crippen MR) is 81.0 cm³/mol. The third kappa shape index (κ3) is 3.55. The number of ether oxygens (including phenoxy) is 1. The van der Waals surface area contributed by atoms with Crippen molar-refractivity contribution in [3.8, 4) is 0 Å². The molecule has 0 atom stereocenters. The minimum absolute atomic E-state index is 0.0898. The maximum absolute atomic E-state index is 12.2. The highest BCUT2D eigenvalue weighted by Gasteiger charge is 2.26. The number of primary amides is 1. The number of anilines is 1. The van der Waals surface area contributed by atoms with Crippen LogP contribution in [0.4, 0.5) is 9.80 Å². The van der Waals surface area contributed by atoms with Gasteiger partial charge in [-0.25, -0.2) is 4.79 Å². The Bertz CT molecular complexity index is 554. The van der Waals surface area contributed by atoms with Crippen LogP contribution in [0.25, 0.3) is 0 Å². The molecular formula is C13H19N3O5S. The zero-order valence-corrected chi connectivity index (χ0v) is 12.8. The molecule has 0 fully saturated rings. The maximum atomic E-state index is 12.2. The summed E-state index contributed by atoms with van der Waals surface area (Å²) in [6.45, 7) is 0.653. The number of urea groups is 1. The number of nitrogens with zero attached hydrogens (tertiary/aromatic N) is 1. The van der Waals surface area contributed by atoms with Crippen LogP contribution in [0, 0.1) is 0 Å². The van der Waals surface area contributed by atoms with Gasteiger partial charge in [0.2, 0.25) is 0 Å². The number of aliphatic hydroxyl groups is 2. The van der Waals surface area contributed by atoms with Crippen LogP contribution in [0.15, 0.2) is 0 Å². The summed E-state index contributed by atoms with van der Waals surface area (Å²) >= 11 is 1.26. The van der Waals surface area contributed by atoms with E-state index >= 15 is 0 Å². The number of nitrogens with two attached hydrogens (primary N) is 1. The van der Waals surface area contributed by atoms with E-state index in [1.807, 2.05) is 0 Å². The van der Waals surface area contributed by atoms with Crippen LogP contribution in [0.2, 0.25) is 0 Å². The number of aliphatic hydroxyl groups excluding tert-OH is 2. The second-order valence-electron chi connectivity index (χ2n) is 4.74. The van der Waals surface area contributed by atoms with Gasteiger partial charge in [-0.2, -0.15) is 0 Å². The monoisotopic (exact) mass is 329 g/mol. The van der Waals surface area contributed by atoms with Gasteiger partial charge < -0.3 is 25.6 Å². The molecular weight excluding hydrogens is 310 g/mol. The lowest BCUT2D eigenvalue weighted by Crippen LogP contribution is -2.39. The smallest absolute Gasteiger partial charge is 0.322 e. The average Bonchev–Trinajstić information content (AvgIpc) is 2.84. The lowest BCUT2D eigenvalue weighted by molar-refractivity contribution is 0.0991. The van der Waals surface area contributed by atoms with Crippen LogP contribution in [-0.2, 0) is 17.8 Å². The van der Waals surface area contributed by atoms with Gasteiger partial charge in [-0.05, 0) is 12.0 Å². The predicted octanol–water partition coefficient (Wildman–Crippen LogP) is -0.262. The number of thiophene rings is 1. The van der Waals surface area contributed by atoms with Gasteiger partial charge in [-0.3, -0.25) is 10.1 Å². The minimum atomic E-state index is -0.592. The van der Waals surface area contributed by atoms with Gasteiger partial charge in [-0.1, -0.05) is 0 Å². The van der Waals surface area contributed by atoms with Crippen molar-refractivity contribution in [3.63, 3.8) is 0 Å². The van der Waals surface area contributed by atoms with E-state index < -0.39 is 11.9 Å². The van der Waals surface area contributed by atoms with Gasteiger partial charge in [0, 0.05) is 18.0 Å². The van der Waals surface area contributed by atoms with Crippen molar-refractivity contribution < 1.29 is 24.5 Å². The molecule has 3 amide bonds. The van der Waals surface area contributed by atoms with E-state index in [0.29, 0.717) is 30.2 Å². The summed E-state index contributed by atoms with van der Waals surface area (Å²) in [6, 6.07) is -0.495. The van der Waals surface area contributed by atoms with Gasteiger partial charge in [0.1, 0.15) is 5.00 Å². The SMILES string of the molecule is NC(=O)c1c(NC(=O)N(CCO)CCO)sc2c1CCOC2. The molecule has 9 heteroatoms. The fraction of sp³-hybridized carbons (Fsp3) is 0.538. The Kier molecular flexibility index (Phi) is 5.72. The molecule has 1 aromatic rings. The average molecular weight is 329 g/mol. The fourth-order valence-electron chi connectivity index (χ4n) is 2.31. The molecule has 0 aromatic carbocycles.